The van der Waals surface area contributed by atoms with Gasteiger partial charge in [0, 0.05) is 25.4 Å². The second-order valence-corrected chi connectivity index (χ2v) is 5.29. The summed E-state index contributed by atoms with van der Waals surface area (Å²) in [6, 6.07) is 4.40. The minimum Gasteiger partial charge on any atom is -0.385 e. The molecular weight excluding hydrogens is 274 g/mol. The van der Waals surface area contributed by atoms with Gasteiger partial charge in [-0.1, -0.05) is 0 Å². The van der Waals surface area contributed by atoms with E-state index in [2.05, 4.69) is 10.6 Å². The second kappa shape index (κ2) is 7.03. The first-order valence-electron chi connectivity index (χ1n) is 6.64. The maximum absolute atomic E-state index is 12.3. The summed E-state index contributed by atoms with van der Waals surface area (Å²) >= 11 is 0. The third-order valence-corrected chi connectivity index (χ3v) is 2.78. The molecule has 116 valence electrons. The molecule has 7 nitrogen and oxygen atoms in total. The van der Waals surface area contributed by atoms with Crippen LogP contribution in [0, 0.1) is 10.1 Å². The number of benzene rings is 1. The molecule has 0 atom stereocenters. The lowest BCUT2D eigenvalue weighted by Crippen LogP contribution is -2.46. The largest absolute Gasteiger partial charge is 0.385 e. The first kappa shape index (κ1) is 16.9. The number of carbonyl (C=O) groups is 1. The standard InChI is InChI=1S/C14H21N3O4/c1-5-15-10-6-7-12(17(19)20)11(8-10)13(18)16-14(2,3)9-21-4/h6-8,15H,5,9H2,1-4H3,(H,16,18). The summed E-state index contributed by atoms with van der Waals surface area (Å²) < 4.78 is 5.02. The van der Waals surface area contributed by atoms with Crippen molar-refractivity contribution in [2.24, 2.45) is 0 Å². The van der Waals surface area contributed by atoms with E-state index in [0.29, 0.717) is 18.8 Å². The van der Waals surface area contributed by atoms with Crippen molar-refractivity contribution in [3.8, 4) is 0 Å². The number of anilines is 1. The number of nitro benzene ring substituents is 1. The number of nitrogens with one attached hydrogen (secondary N) is 2. The van der Waals surface area contributed by atoms with Gasteiger partial charge in [0.2, 0.25) is 0 Å². The van der Waals surface area contributed by atoms with E-state index in [1.54, 1.807) is 19.9 Å². The zero-order valence-electron chi connectivity index (χ0n) is 12.7. The molecule has 0 aliphatic heterocycles. The summed E-state index contributed by atoms with van der Waals surface area (Å²) in [6.07, 6.45) is 0. The Labute approximate surface area is 123 Å². The van der Waals surface area contributed by atoms with E-state index < -0.39 is 16.4 Å². The van der Waals surface area contributed by atoms with Crippen LogP contribution in [0.4, 0.5) is 11.4 Å². The van der Waals surface area contributed by atoms with E-state index in [9.17, 15) is 14.9 Å². The molecule has 2 N–H and O–H groups in total. The summed E-state index contributed by atoms with van der Waals surface area (Å²) in [5, 5.41) is 16.8. The molecule has 21 heavy (non-hydrogen) atoms. The van der Waals surface area contributed by atoms with Crippen molar-refractivity contribution in [3.63, 3.8) is 0 Å². The fourth-order valence-corrected chi connectivity index (χ4v) is 1.96. The molecule has 1 aromatic rings. The second-order valence-electron chi connectivity index (χ2n) is 5.29. The highest BCUT2D eigenvalue weighted by Crippen LogP contribution is 2.23. The first-order valence-corrected chi connectivity index (χ1v) is 6.64. The van der Waals surface area contributed by atoms with Crippen LogP contribution in [0.25, 0.3) is 0 Å². The average molecular weight is 295 g/mol. The Morgan fingerprint density at radius 3 is 2.62 bits per heavy atom. The molecule has 0 aliphatic carbocycles. The van der Waals surface area contributed by atoms with Crippen molar-refractivity contribution in [1.82, 2.24) is 5.32 Å². The number of rotatable bonds is 7. The normalized spacial score (nSPS) is 11.0. The Bertz CT molecular complexity index is 529. The van der Waals surface area contributed by atoms with Crippen molar-refractivity contribution in [1.29, 1.82) is 0 Å². The van der Waals surface area contributed by atoms with Crippen molar-refractivity contribution < 1.29 is 14.5 Å². The molecule has 0 saturated heterocycles. The van der Waals surface area contributed by atoms with Gasteiger partial charge in [-0.3, -0.25) is 14.9 Å². The monoisotopic (exact) mass is 295 g/mol. The van der Waals surface area contributed by atoms with Crippen LogP contribution in [0.5, 0.6) is 0 Å². The predicted molar refractivity (Wildman–Crippen MR) is 80.7 cm³/mol. The van der Waals surface area contributed by atoms with E-state index in [1.807, 2.05) is 6.92 Å². The van der Waals surface area contributed by atoms with Gasteiger partial charge in [-0.2, -0.15) is 0 Å². The van der Waals surface area contributed by atoms with E-state index >= 15 is 0 Å². The van der Waals surface area contributed by atoms with Crippen LogP contribution in [-0.4, -0.2) is 36.6 Å². The van der Waals surface area contributed by atoms with Crippen LogP contribution in [-0.2, 0) is 4.74 Å². The first-order chi connectivity index (χ1) is 9.80. The number of hydrogen-bond acceptors (Lipinski definition) is 5. The third kappa shape index (κ3) is 4.71. The molecule has 0 aliphatic rings. The van der Waals surface area contributed by atoms with E-state index in [0.717, 1.165) is 0 Å². The van der Waals surface area contributed by atoms with Crippen molar-refractivity contribution in [2.75, 3.05) is 25.6 Å². The molecular formula is C14H21N3O4. The molecule has 0 bridgehead atoms. The summed E-state index contributed by atoms with van der Waals surface area (Å²) in [6.45, 7) is 6.44. The van der Waals surface area contributed by atoms with Gasteiger partial charge in [0.25, 0.3) is 11.6 Å². The van der Waals surface area contributed by atoms with Gasteiger partial charge in [0.15, 0.2) is 0 Å². The summed E-state index contributed by atoms with van der Waals surface area (Å²) in [5.41, 5.74) is -0.142. The Morgan fingerprint density at radius 1 is 1.43 bits per heavy atom. The van der Waals surface area contributed by atoms with Gasteiger partial charge in [0.1, 0.15) is 5.56 Å². The Morgan fingerprint density at radius 2 is 2.10 bits per heavy atom. The Balaban J connectivity index is 3.10. The van der Waals surface area contributed by atoms with Crippen LogP contribution in [0.3, 0.4) is 0 Å². The SMILES string of the molecule is CCNc1ccc([N+](=O)[O-])c(C(=O)NC(C)(C)COC)c1. The summed E-state index contributed by atoms with van der Waals surface area (Å²) in [7, 11) is 1.53. The minimum atomic E-state index is -0.617. The average Bonchev–Trinajstić information content (AvgIpc) is 2.38. The zero-order chi connectivity index (χ0) is 16.0. The maximum Gasteiger partial charge on any atom is 0.282 e. The third-order valence-electron chi connectivity index (χ3n) is 2.78. The van der Waals surface area contributed by atoms with Crippen LogP contribution >= 0.6 is 0 Å². The number of hydrogen-bond donors (Lipinski definition) is 2. The Kier molecular flexibility index (Phi) is 5.66. The topological polar surface area (TPSA) is 93.5 Å². The molecule has 0 spiro atoms. The summed E-state index contributed by atoms with van der Waals surface area (Å²) in [5.74, 6) is -0.497. The van der Waals surface area contributed by atoms with E-state index in [4.69, 9.17) is 4.74 Å². The van der Waals surface area contributed by atoms with Crippen molar-refractivity contribution in [2.45, 2.75) is 26.3 Å². The van der Waals surface area contributed by atoms with E-state index in [1.165, 1.54) is 19.2 Å². The summed E-state index contributed by atoms with van der Waals surface area (Å²) in [4.78, 5) is 22.8. The van der Waals surface area contributed by atoms with Gasteiger partial charge in [-0.05, 0) is 32.9 Å². The highest BCUT2D eigenvalue weighted by Gasteiger charge is 2.26. The van der Waals surface area contributed by atoms with Crippen molar-refractivity contribution in [3.05, 3.63) is 33.9 Å². The van der Waals surface area contributed by atoms with Gasteiger partial charge in [-0.15, -0.1) is 0 Å². The molecule has 0 unspecified atom stereocenters. The fourth-order valence-electron chi connectivity index (χ4n) is 1.96. The number of ether oxygens (including phenoxy) is 1. The Hall–Kier alpha value is -2.15. The van der Waals surface area contributed by atoms with Crippen molar-refractivity contribution >= 4 is 17.3 Å². The molecule has 0 fully saturated rings. The predicted octanol–water partition coefficient (Wildman–Crippen LogP) is 2.18. The minimum absolute atomic E-state index is 0.0302. The van der Waals surface area contributed by atoms with Crippen LogP contribution in [0.2, 0.25) is 0 Å². The lowest BCUT2D eigenvalue weighted by atomic mass is 10.0. The highest BCUT2D eigenvalue weighted by atomic mass is 16.6. The lowest BCUT2D eigenvalue weighted by molar-refractivity contribution is -0.385. The molecule has 0 heterocycles. The number of nitro groups is 1. The number of nitrogens with zero attached hydrogens (tertiary/aromatic N) is 1. The molecule has 1 amide bonds. The maximum atomic E-state index is 12.3. The molecule has 7 heteroatoms. The van der Waals surface area contributed by atoms with Crippen LogP contribution < -0.4 is 10.6 Å². The molecule has 0 saturated carbocycles. The fraction of sp³-hybridized carbons (Fsp3) is 0.500. The number of amides is 1. The lowest BCUT2D eigenvalue weighted by Gasteiger charge is -2.25. The molecule has 1 aromatic carbocycles. The molecule has 1 rings (SSSR count). The van der Waals surface area contributed by atoms with E-state index in [-0.39, 0.29) is 11.3 Å². The smallest absolute Gasteiger partial charge is 0.282 e. The number of carbonyl (C=O) groups excluding carboxylic acids is 1. The van der Waals surface area contributed by atoms with Crippen LogP contribution in [0.1, 0.15) is 31.1 Å². The molecule has 0 radical (unpaired) electrons. The quantitative estimate of drug-likeness (QED) is 0.594. The molecule has 0 aromatic heterocycles. The highest BCUT2D eigenvalue weighted by molar-refractivity contribution is 5.99. The van der Waals surface area contributed by atoms with Gasteiger partial charge >= 0.3 is 0 Å². The number of methoxy groups -OCH3 is 1. The van der Waals surface area contributed by atoms with Gasteiger partial charge < -0.3 is 15.4 Å². The van der Waals surface area contributed by atoms with Crippen LogP contribution in [0.15, 0.2) is 18.2 Å². The zero-order valence-corrected chi connectivity index (χ0v) is 12.7. The van der Waals surface area contributed by atoms with Gasteiger partial charge in [-0.25, -0.2) is 0 Å². The van der Waals surface area contributed by atoms with Gasteiger partial charge in [0.05, 0.1) is 17.1 Å².